The van der Waals surface area contributed by atoms with Crippen LogP contribution in [0.4, 0.5) is 0 Å². The van der Waals surface area contributed by atoms with Gasteiger partial charge in [-0.2, -0.15) is 0 Å². The Bertz CT molecular complexity index is 543. The van der Waals surface area contributed by atoms with Gasteiger partial charge in [-0.05, 0) is 12.0 Å². The normalized spacial score (nSPS) is 29.3. The molecule has 1 aromatic carbocycles. The molecule has 2 aliphatic heterocycles. The molecule has 2 amide bonds. The van der Waals surface area contributed by atoms with Crippen molar-refractivity contribution in [3.05, 3.63) is 35.9 Å². The molecule has 2 heterocycles. The lowest BCUT2D eigenvalue weighted by molar-refractivity contribution is -0.170. The fourth-order valence-electron chi connectivity index (χ4n) is 3.05. The summed E-state index contributed by atoms with van der Waals surface area (Å²) in [6, 6.07) is 9.61. The van der Waals surface area contributed by atoms with Crippen LogP contribution in [0, 0.1) is 11.3 Å². The first-order valence-corrected chi connectivity index (χ1v) is 6.34. The van der Waals surface area contributed by atoms with E-state index in [4.69, 9.17) is 5.41 Å². The van der Waals surface area contributed by atoms with E-state index in [9.17, 15) is 9.59 Å². The largest absolute Gasteiger partial charge is 0.354 e. The van der Waals surface area contributed by atoms with Crippen molar-refractivity contribution >= 4 is 18.0 Å². The van der Waals surface area contributed by atoms with Gasteiger partial charge in [0.25, 0.3) is 0 Å². The maximum Gasteiger partial charge on any atom is 0.247 e. The van der Waals surface area contributed by atoms with Crippen molar-refractivity contribution in [1.29, 1.82) is 5.41 Å². The maximum absolute atomic E-state index is 12.1. The third-order valence-electron chi connectivity index (χ3n) is 4.06. The highest BCUT2D eigenvalue weighted by Crippen LogP contribution is 2.43. The molecule has 0 saturated carbocycles. The Morgan fingerprint density at radius 1 is 1.37 bits per heavy atom. The second kappa shape index (κ2) is 4.19. The van der Waals surface area contributed by atoms with Gasteiger partial charge in [-0.25, -0.2) is 0 Å². The van der Waals surface area contributed by atoms with Crippen LogP contribution in [0.5, 0.6) is 0 Å². The Morgan fingerprint density at radius 3 is 2.68 bits per heavy atom. The Morgan fingerprint density at radius 2 is 2.11 bits per heavy atom. The minimum atomic E-state index is -0.825. The number of hydrogen-bond acceptors (Lipinski definition) is 3. The van der Waals surface area contributed by atoms with Gasteiger partial charge in [-0.15, -0.1) is 0 Å². The van der Waals surface area contributed by atoms with E-state index in [1.54, 1.807) is 4.90 Å². The molecule has 2 aliphatic rings. The lowest BCUT2D eigenvalue weighted by Crippen LogP contribution is -2.73. The quantitative estimate of drug-likeness (QED) is 0.613. The zero-order valence-corrected chi connectivity index (χ0v) is 10.4. The molecule has 2 N–H and O–H groups in total. The molecule has 0 bridgehead atoms. The van der Waals surface area contributed by atoms with Gasteiger partial charge >= 0.3 is 0 Å². The van der Waals surface area contributed by atoms with Crippen molar-refractivity contribution in [2.75, 3.05) is 6.54 Å². The van der Waals surface area contributed by atoms with Crippen molar-refractivity contribution in [2.45, 2.75) is 18.5 Å². The number of carbonyl (C=O) groups excluding carboxylic acids is 2. The average Bonchev–Trinajstić information content (AvgIpc) is 2.82. The van der Waals surface area contributed by atoms with Crippen LogP contribution >= 0.6 is 0 Å². The minimum absolute atomic E-state index is 0.128. The number of nitrogens with zero attached hydrogens (tertiary/aromatic N) is 1. The van der Waals surface area contributed by atoms with E-state index >= 15 is 0 Å². The molecule has 19 heavy (non-hydrogen) atoms. The van der Waals surface area contributed by atoms with E-state index in [0.717, 1.165) is 11.8 Å². The zero-order chi connectivity index (χ0) is 13.5. The lowest BCUT2D eigenvalue weighted by atomic mass is 9.72. The van der Waals surface area contributed by atoms with Crippen LogP contribution in [-0.4, -0.2) is 35.0 Å². The van der Waals surface area contributed by atoms with Crippen molar-refractivity contribution in [3.8, 4) is 0 Å². The maximum atomic E-state index is 12.1. The molecule has 2 atom stereocenters. The summed E-state index contributed by atoms with van der Waals surface area (Å²) >= 11 is 0. The van der Waals surface area contributed by atoms with Crippen molar-refractivity contribution in [3.63, 3.8) is 0 Å². The Hall–Kier alpha value is -2.17. The number of β-lactam (4-membered cyclic amide) rings is 1. The number of hydrogen-bond donors (Lipinski definition) is 2. The summed E-state index contributed by atoms with van der Waals surface area (Å²) in [5, 5.41) is 10.2. The highest BCUT2D eigenvalue weighted by atomic mass is 16.2. The molecule has 98 valence electrons. The first-order chi connectivity index (χ1) is 9.20. The standard InChI is InChI=1S/C14H15N3O2/c15-8-11-12(18)17(9-10-4-2-1-3-5-10)14(11)6-7-16-13(14)19/h1-5,8,11,15H,6-7,9H2,(H,16,19)/t11-,14+/m0/s1. The summed E-state index contributed by atoms with van der Waals surface area (Å²) in [6.45, 7) is 0.999. The third kappa shape index (κ3) is 1.51. The molecule has 1 aromatic rings. The van der Waals surface area contributed by atoms with Crippen LogP contribution in [0.1, 0.15) is 12.0 Å². The minimum Gasteiger partial charge on any atom is -0.354 e. The summed E-state index contributed by atoms with van der Waals surface area (Å²) in [7, 11) is 0. The second-order valence-corrected chi connectivity index (χ2v) is 4.98. The average molecular weight is 257 g/mol. The number of likely N-dealkylation sites (tertiary alicyclic amines) is 1. The molecule has 5 nitrogen and oxygen atoms in total. The molecule has 1 spiro atoms. The molecule has 3 rings (SSSR count). The molecule has 2 fully saturated rings. The topological polar surface area (TPSA) is 73.3 Å². The molecule has 5 heteroatoms. The molecule has 0 aromatic heterocycles. The molecule has 2 saturated heterocycles. The van der Waals surface area contributed by atoms with Crippen LogP contribution in [0.2, 0.25) is 0 Å². The predicted octanol–water partition coefficient (Wildman–Crippen LogP) is 0.553. The van der Waals surface area contributed by atoms with Crippen molar-refractivity contribution in [2.24, 2.45) is 5.92 Å². The molecule has 0 radical (unpaired) electrons. The summed E-state index contributed by atoms with van der Waals surface area (Å²) in [4.78, 5) is 25.8. The monoisotopic (exact) mass is 257 g/mol. The fraction of sp³-hybridized carbons (Fsp3) is 0.357. The third-order valence-corrected chi connectivity index (χ3v) is 4.06. The first kappa shape index (κ1) is 11.9. The fourth-order valence-corrected chi connectivity index (χ4v) is 3.05. The van der Waals surface area contributed by atoms with Gasteiger partial charge in [0.15, 0.2) is 0 Å². The SMILES string of the molecule is N=C[C@H]1C(=O)N(Cc2ccccc2)[C@]12CCNC2=O. The van der Waals surface area contributed by atoms with Crippen LogP contribution in [0.25, 0.3) is 0 Å². The van der Waals surface area contributed by atoms with Gasteiger partial charge in [0.05, 0.1) is 0 Å². The number of amides is 2. The Labute approximate surface area is 111 Å². The molecule has 0 aliphatic carbocycles. The Kier molecular flexibility index (Phi) is 2.62. The highest BCUT2D eigenvalue weighted by Gasteiger charge is 2.65. The van der Waals surface area contributed by atoms with Gasteiger partial charge in [-0.3, -0.25) is 9.59 Å². The summed E-state index contributed by atoms with van der Waals surface area (Å²) in [6.07, 6.45) is 1.69. The van der Waals surface area contributed by atoms with Gasteiger partial charge in [-0.1, -0.05) is 30.3 Å². The number of carbonyl (C=O) groups is 2. The summed E-state index contributed by atoms with van der Waals surface area (Å²) in [5.74, 6) is -0.855. The van der Waals surface area contributed by atoms with Crippen LogP contribution in [-0.2, 0) is 16.1 Å². The van der Waals surface area contributed by atoms with Gasteiger partial charge in [0.2, 0.25) is 11.8 Å². The van der Waals surface area contributed by atoms with E-state index in [1.807, 2.05) is 30.3 Å². The van der Waals surface area contributed by atoms with E-state index in [-0.39, 0.29) is 11.8 Å². The molecular formula is C14H15N3O2. The van der Waals surface area contributed by atoms with Gasteiger partial charge < -0.3 is 15.6 Å². The van der Waals surface area contributed by atoms with Gasteiger partial charge in [0.1, 0.15) is 11.5 Å². The molecular weight excluding hydrogens is 242 g/mol. The van der Waals surface area contributed by atoms with Crippen molar-refractivity contribution < 1.29 is 9.59 Å². The summed E-state index contributed by atoms with van der Waals surface area (Å²) in [5.41, 5.74) is 0.174. The van der Waals surface area contributed by atoms with Gasteiger partial charge in [0, 0.05) is 19.3 Å². The van der Waals surface area contributed by atoms with Crippen LogP contribution in [0.3, 0.4) is 0 Å². The number of benzene rings is 1. The van der Waals surface area contributed by atoms with Crippen molar-refractivity contribution in [1.82, 2.24) is 10.2 Å². The van der Waals surface area contributed by atoms with Crippen LogP contribution < -0.4 is 5.32 Å². The van der Waals surface area contributed by atoms with E-state index in [2.05, 4.69) is 5.32 Å². The number of nitrogens with one attached hydrogen (secondary N) is 2. The van der Waals surface area contributed by atoms with E-state index < -0.39 is 11.5 Å². The van der Waals surface area contributed by atoms with E-state index in [1.165, 1.54) is 0 Å². The Balaban J connectivity index is 1.90. The second-order valence-electron chi connectivity index (χ2n) is 4.98. The zero-order valence-electron chi connectivity index (χ0n) is 10.4. The smallest absolute Gasteiger partial charge is 0.247 e. The first-order valence-electron chi connectivity index (χ1n) is 6.34. The van der Waals surface area contributed by atoms with E-state index in [0.29, 0.717) is 19.5 Å². The summed E-state index contributed by atoms with van der Waals surface area (Å²) < 4.78 is 0. The van der Waals surface area contributed by atoms with Crippen LogP contribution in [0.15, 0.2) is 30.3 Å². The number of rotatable bonds is 3. The molecule has 0 unspecified atom stereocenters. The lowest BCUT2D eigenvalue weighted by Gasteiger charge is -2.52. The highest BCUT2D eigenvalue weighted by molar-refractivity contribution is 6.11. The predicted molar refractivity (Wildman–Crippen MR) is 69.6 cm³/mol.